The van der Waals surface area contributed by atoms with Gasteiger partial charge in [0.05, 0.1) is 25.9 Å². The van der Waals surface area contributed by atoms with Gasteiger partial charge in [-0.1, -0.05) is 30.3 Å². The Morgan fingerprint density at radius 2 is 1.58 bits per heavy atom. The van der Waals surface area contributed by atoms with Crippen molar-refractivity contribution in [1.82, 2.24) is 25.6 Å². The molecule has 4 N–H and O–H groups in total. The van der Waals surface area contributed by atoms with E-state index in [4.69, 9.17) is 18.9 Å². The molecule has 2 aliphatic rings. The molecule has 2 aliphatic heterocycles. The van der Waals surface area contributed by atoms with E-state index in [1.165, 1.54) is 18.2 Å². The molecule has 53 heavy (non-hydrogen) atoms. The van der Waals surface area contributed by atoms with Crippen molar-refractivity contribution in [2.75, 3.05) is 44.1 Å². The van der Waals surface area contributed by atoms with Crippen LogP contribution < -0.4 is 35.5 Å². The molecule has 4 aromatic rings. The van der Waals surface area contributed by atoms with Crippen molar-refractivity contribution in [3.05, 3.63) is 89.5 Å². The minimum Gasteiger partial charge on any atom is -0.494 e. The van der Waals surface area contributed by atoms with Crippen LogP contribution in [-0.4, -0.2) is 78.4 Å². The van der Waals surface area contributed by atoms with E-state index in [9.17, 15) is 27.6 Å². The number of ether oxygens (including phenoxy) is 4. The van der Waals surface area contributed by atoms with Gasteiger partial charge in [-0.2, -0.15) is 28.1 Å². The van der Waals surface area contributed by atoms with Crippen LogP contribution in [-0.2, 0) is 16.1 Å². The standard InChI is InChI=1S/C36H38F3N7O7/c1-50-32(49)28(21-40-30(47)24-9-5-4-6-10-24)43-31(48)27-16-13-25-19-29(27)52-18-8-3-2-7-17-51-26-14-11-23(12-15-26)20-41-33-44-34(42-25)46-35(45-33)53-22-36(37,38)39/h4-6,9-16,19,28H,2-3,7-8,17-18,20-22H2,1H3,(H,40,47)(H,43,48)(H2,41,42,44,45,46). The Morgan fingerprint density at radius 1 is 0.868 bits per heavy atom. The lowest BCUT2D eigenvalue weighted by Crippen LogP contribution is -2.49. The molecular formula is C36H38F3N7O7. The molecular weight excluding hydrogens is 699 g/mol. The maximum absolute atomic E-state index is 13.6. The first-order chi connectivity index (χ1) is 25.6. The number of amides is 2. The molecule has 17 heteroatoms. The van der Waals surface area contributed by atoms with Crippen LogP contribution in [0.4, 0.5) is 30.8 Å². The van der Waals surface area contributed by atoms with E-state index in [0.29, 0.717) is 30.0 Å². The number of halogens is 3. The summed E-state index contributed by atoms with van der Waals surface area (Å²) in [5.74, 6) is -1.33. The van der Waals surface area contributed by atoms with Gasteiger partial charge in [0.25, 0.3) is 11.8 Å². The number of esters is 1. The van der Waals surface area contributed by atoms with Gasteiger partial charge in [-0.15, -0.1) is 0 Å². The molecule has 3 aromatic carbocycles. The number of nitrogens with one attached hydrogen (secondary N) is 4. The van der Waals surface area contributed by atoms with E-state index in [0.717, 1.165) is 31.9 Å². The summed E-state index contributed by atoms with van der Waals surface area (Å²) < 4.78 is 60.6. The normalized spacial score (nSPS) is 14.0. The number of rotatable bonds is 8. The SMILES string of the molecule is COC(=O)C(CNC(=O)c1ccccc1)NC(=O)c1ccc2cc1OCCCCCCOc1ccc(cc1)CNc1nc(nc(OCC(F)(F)F)n1)N2. The van der Waals surface area contributed by atoms with Gasteiger partial charge in [0.1, 0.15) is 17.5 Å². The lowest BCUT2D eigenvalue weighted by atomic mass is 10.1. The fraction of sp³-hybridized carbons (Fsp3) is 0.333. The van der Waals surface area contributed by atoms with Crippen LogP contribution >= 0.6 is 0 Å². The van der Waals surface area contributed by atoms with Crippen molar-refractivity contribution in [1.29, 1.82) is 0 Å². The van der Waals surface area contributed by atoms with Crippen LogP contribution in [0.5, 0.6) is 17.5 Å². The largest absolute Gasteiger partial charge is 0.494 e. The van der Waals surface area contributed by atoms with Crippen LogP contribution in [0.1, 0.15) is 52.0 Å². The number of hydrogen-bond acceptors (Lipinski definition) is 12. The second-order valence-electron chi connectivity index (χ2n) is 11.7. The number of alkyl halides is 3. The van der Waals surface area contributed by atoms with Gasteiger partial charge in [-0.3, -0.25) is 9.59 Å². The summed E-state index contributed by atoms with van der Waals surface area (Å²) in [6.45, 7) is -0.911. The molecule has 14 nitrogen and oxygen atoms in total. The molecule has 0 saturated carbocycles. The Labute approximate surface area is 302 Å². The number of benzene rings is 3. The summed E-state index contributed by atoms with van der Waals surface area (Å²) in [5, 5.41) is 11.1. The number of aromatic nitrogens is 3. The topological polar surface area (TPSA) is 175 Å². The molecule has 3 heterocycles. The molecule has 0 spiro atoms. The fourth-order valence-corrected chi connectivity index (χ4v) is 5.01. The number of carbonyl (C=O) groups is 3. The summed E-state index contributed by atoms with van der Waals surface area (Å²) in [4.78, 5) is 51.1. The van der Waals surface area contributed by atoms with Crippen molar-refractivity contribution in [2.24, 2.45) is 0 Å². The number of fused-ring (bicyclic) bond motifs is 10. The van der Waals surface area contributed by atoms with Gasteiger partial charge in [-0.25, -0.2) is 4.79 Å². The minimum atomic E-state index is -4.64. The monoisotopic (exact) mass is 737 g/mol. The molecule has 0 aliphatic carbocycles. The average Bonchev–Trinajstić information content (AvgIpc) is 3.15. The van der Waals surface area contributed by atoms with Crippen molar-refractivity contribution in [3.63, 3.8) is 0 Å². The van der Waals surface area contributed by atoms with Gasteiger partial charge >= 0.3 is 18.2 Å². The third kappa shape index (κ3) is 12.0. The van der Waals surface area contributed by atoms with Gasteiger partial charge in [0.15, 0.2) is 6.61 Å². The van der Waals surface area contributed by atoms with Crippen molar-refractivity contribution in [3.8, 4) is 17.5 Å². The number of nitrogens with zero attached hydrogens (tertiary/aromatic N) is 3. The number of methoxy groups -OCH3 is 1. The zero-order valence-electron chi connectivity index (χ0n) is 28.7. The first-order valence-corrected chi connectivity index (χ1v) is 16.7. The summed E-state index contributed by atoms with van der Waals surface area (Å²) >= 11 is 0. The summed E-state index contributed by atoms with van der Waals surface area (Å²) in [5.41, 5.74) is 1.57. The zero-order valence-corrected chi connectivity index (χ0v) is 28.7. The Hall–Kier alpha value is -6.13. The second-order valence-corrected chi connectivity index (χ2v) is 11.7. The smallest absolute Gasteiger partial charge is 0.422 e. The van der Waals surface area contributed by atoms with Crippen LogP contribution in [0, 0.1) is 0 Å². The summed E-state index contributed by atoms with van der Waals surface area (Å²) in [6.07, 6.45) is -1.50. The predicted octanol–water partition coefficient (Wildman–Crippen LogP) is 5.20. The minimum absolute atomic E-state index is 0.0577. The van der Waals surface area contributed by atoms with Crippen LogP contribution in [0.3, 0.4) is 0 Å². The molecule has 6 rings (SSSR count). The van der Waals surface area contributed by atoms with Gasteiger partial charge in [-0.05, 0) is 67.6 Å². The van der Waals surface area contributed by atoms with E-state index in [2.05, 4.69) is 36.2 Å². The van der Waals surface area contributed by atoms with Crippen molar-refractivity contribution in [2.45, 2.75) is 44.4 Å². The number of carbonyl (C=O) groups excluding carboxylic acids is 3. The molecule has 1 aromatic heterocycles. The summed E-state index contributed by atoms with van der Waals surface area (Å²) in [6, 6.07) is 18.3. The quantitative estimate of drug-likeness (QED) is 0.174. The zero-order chi connectivity index (χ0) is 37.6. The van der Waals surface area contributed by atoms with E-state index < -0.39 is 42.6 Å². The van der Waals surface area contributed by atoms with Gasteiger partial charge < -0.3 is 40.2 Å². The van der Waals surface area contributed by atoms with Crippen LogP contribution in [0.15, 0.2) is 72.8 Å². The molecule has 2 amide bonds. The maximum Gasteiger partial charge on any atom is 0.422 e. The highest BCUT2D eigenvalue weighted by atomic mass is 19.4. The molecule has 6 bridgehead atoms. The third-order valence-electron chi connectivity index (χ3n) is 7.69. The van der Waals surface area contributed by atoms with Gasteiger partial charge in [0, 0.05) is 30.4 Å². The number of hydrogen-bond donors (Lipinski definition) is 4. The van der Waals surface area contributed by atoms with E-state index in [1.807, 2.05) is 24.3 Å². The Balaban J connectivity index is 1.39. The van der Waals surface area contributed by atoms with Crippen molar-refractivity contribution >= 4 is 35.4 Å². The maximum atomic E-state index is 13.6. The highest BCUT2D eigenvalue weighted by Gasteiger charge is 2.29. The van der Waals surface area contributed by atoms with E-state index in [1.54, 1.807) is 30.3 Å². The van der Waals surface area contributed by atoms with E-state index in [-0.39, 0.29) is 42.9 Å². The third-order valence-corrected chi connectivity index (χ3v) is 7.69. The molecule has 0 fully saturated rings. The lowest BCUT2D eigenvalue weighted by molar-refractivity contribution is -0.154. The molecule has 1 atom stereocenters. The average molecular weight is 738 g/mol. The molecule has 0 radical (unpaired) electrons. The molecule has 0 saturated heterocycles. The van der Waals surface area contributed by atoms with Crippen molar-refractivity contribution < 1.29 is 46.5 Å². The first kappa shape index (κ1) is 38.1. The Morgan fingerprint density at radius 3 is 2.30 bits per heavy atom. The highest BCUT2D eigenvalue weighted by molar-refractivity contribution is 6.00. The summed E-state index contributed by atoms with van der Waals surface area (Å²) in [7, 11) is 1.16. The highest BCUT2D eigenvalue weighted by Crippen LogP contribution is 2.27. The van der Waals surface area contributed by atoms with Crippen LogP contribution in [0.2, 0.25) is 0 Å². The fourth-order valence-electron chi connectivity index (χ4n) is 5.01. The molecule has 1 unspecified atom stereocenters. The number of anilines is 3. The predicted molar refractivity (Wildman–Crippen MR) is 186 cm³/mol. The Bertz CT molecular complexity index is 1850. The lowest BCUT2D eigenvalue weighted by Gasteiger charge is -2.19. The Kier molecular flexibility index (Phi) is 13.2. The van der Waals surface area contributed by atoms with Gasteiger partial charge in [0.2, 0.25) is 11.9 Å². The second kappa shape index (κ2) is 18.4. The van der Waals surface area contributed by atoms with Crippen LogP contribution in [0.25, 0.3) is 0 Å². The first-order valence-electron chi connectivity index (χ1n) is 16.7. The van der Waals surface area contributed by atoms with E-state index >= 15 is 0 Å². The molecule has 280 valence electrons.